The largest absolute Gasteiger partial charge is 0.497 e. The maximum absolute atomic E-state index is 5.24. The number of hydrogen-bond donors (Lipinski definition) is 0. The summed E-state index contributed by atoms with van der Waals surface area (Å²) in [5.74, 6) is 1.70. The van der Waals surface area contributed by atoms with Crippen molar-refractivity contribution in [3.05, 3.63) is 57.9 Å². The predicted molar refractivity (Wildman–Crippen MR) is 119 cm³/mol. The van der Waals surface area contributed by atoms with Gasteiger partial charge in [-0.25, -0.2) is 15.0 Å². The van der Waals surface area contributed by atoms with E-state index in [2.05, 4.69) is 32.4 Å². The van der Waals surface area contributed by atoms with Crippen LogP contribution in [0.25, 0.3) is 11.3 Å². The fourth-order valence-corrected chi connectivity index (χ4v) is 4.84. The highest BCUT2D eigenvalue weighted by Crippen LogP contribution is 2.26. The van der Waals surface area contributed by atoms with Gasteiger partial charge in [-0.2, -0.15) is 0 Å². The molecule has 6 nitrogen and oxygen atoms in total. The van der Waals surface area contributed by atoms with E-state index in [-0.39, 0.29) is 0 Å². The van der Waals surface area contributed by atoms with Gasteiger partial charge in [-0.1, -0.05) is 0 Å². The lowest BCUT2D eigenvalue weighted by atomic mass is 10.1. The van der Waals surface area contributed by atoms with E-state index in [9.17, 15) is 0 Å². The van der Waals surface area contributed by atoms with Gasteiger partial charge in [-0.15, -0.1) is 11.3 Å². The Morgan fingerprint density at radius 1 is 1.10 bits per heavy atom. The van der Waals surface area contributed by atoms with Crippen molar-refractivity contribution in [3.63, 3.8) is 0 Å². The highest BCUT2D eigenvalue weighted by atomic mass is 32.1. The van der Waals surface area contributed by atoms with Crippen LogP contribution in [0.15, 0.2) is 40.8 Å². The number of fused-ring (bicyclic) bond motifs is 1. The minimum atomic E-state index is 0.839. The van der Waals surface area contributed by atoms with Crippen LogP contribution in [0.1, 0.15) is 41.4 Å². The van der Waals surface area contributed by atoms with E-state index in [1.54, 1.807) is 18.4 Å². The van der Waals surface area contributed by atoms with Gasteiger partial charge in [0.05, 0.1) is 30.8 Å². The molecule has 3 aromatic rings. The Bertz CT molecular complexity index is 1060. The van der Waals surface area contributed by atoms with Crippen LogP contribution in [-0.2, 0) is 19.5 Å². The summed E-state index contributed by atoms with van der Waals surface area (Å²) in [6.45, 7) is 3.64. The third-order valence-electron chi connectivity index (χ3n) is 5.69. The molecule has 1 aromatic carbocycles. The number of benzene rings is 1. The number of ether oxygens (including phenoxy) is 1. The van der Waals surface area contributed by atoms with Crippen LogP contribution in [0.2, 0.25) is 0 Å². The van der Waals surface area contributed by atoms with Crippen molar-refractivity contribution in [1.82, 2.24) is 19.9 Å². The van der Waals surface area contributed by atoms with E-state index < -0.39 is 0 Å². The average Bonchev–Trinajstić information content (AvgIpc) is 3.28. The van der Waals surface area contributed by atoms with Crippen molar-refractivity contribution in [2.45, 2.75) is 38.8 Å². The fourth-order valence-electron chi connectivity index (χ4n) is 4.00. The lowest BCUT2D eigenvalue weighted by molar-refractivity contribution is 0.242. The lowest BCUT2D eigenvalue weighted by Crippen LogP contribution is -2.31. The second kappa shape index (κ2) is 8.62. The van der Waals surface area contributed by atoms with Crippen LogP contribution in [0.4, 0.5) is 0 Å². The number of hydrogen-bond acceptors (Lipinski definition) is 7. The third-order valence-corrected chi connectivity index (χ3v) is 6.53. The van der Waals surface area contributed by atoms with Crippen molar-refractivity contribution < 1.29 is 4.74 Å². The Labute approximate surface area is 180 Å². The van der Waals surface area contributed by atoms with Crippen molar-refractivity contribution in [3.8, 4) is 17.0 Å². The van der Waals surface area contributed by atoms with Crippen LogP contribution >= 0.6 is 11.3 Å². The van der Waals surface area contributed by atoms with E-state index in [0.29, 0.717) is 0 Å². The van der Waals surface area contributed by atoms with Gasteiger partial charge in [0.25, 0.3) is 0 Å². The molecular weight excluding hydrogens is 394 g/mol. The molecule has 0 atom stereocenters. The van der Waals surface area contributed by atoms with Crippen LogP contribution in [-0.4, -0.2) is 45.8 Å². The number of rotatable bonds is 5. The van der Waals surface area contributed by atoms with E-state index in [4.69, 9.17) is 14.7 Å². The topological polar surface area (TPSA) is 63.5 Å². The maximum atomic E-state index is 5.24. The summed E-state index contributed by atoms with van der Waals surface area (Å²) in [5, 5.41) is 3.27. The normalized spacial score (nSPS) is 16.8. The Kier molecular flexibility index (Phi) is 5.55. The summed E-state index contributed by atoms with van der Waals surface area (Å²) in [4.78, 5) is 21.4. The van der Waals surface area contributed by atoms with Gasteiger partial charge in [-0.05, 0) is 43.5 Å². The molecule has 30 heavy (non-hydrogen) atoms. The molecule has 2 aliphatic heterocycles. The highest BCUT2D eigenvalue weighted by molar-refractivity contribution is 7.09. The Hall–Kier alpha value is -2.64. The van der Waals surface area contributed by atoms with Gasteiger partial charge in [0.15, 0.2) is 5.82 Å². The summed E-state index contributed by atoms with van der Waals surface area (Å²) in [7, 11) is 1.68. The van der Waals surface area contributed by atoms with Crippen molar-refractivity contribution in [2.24, 2.45) is 4.99 Å². The summed E-state index contributed by atoms with van der Waals surface area (Å²) in [5.41, 5.74) is 5.64. The maximum Gasteiger partial charge on any atom is 0.173 e. The molecular formula is C23H25N5OS. The lowest BCUT2D eigenvalue weighted by Gasteiger charge is -2.27. The summed E-state index contributed by atoms with van der Waals surface area (Å²) in [6.07, 6.45) is 6.34. The molecule has 0 bridgehead atoms. The Morgan fingerprint density at radius 3 is 2.80 bits per heavy atom. The van der Waals surface area contributed by atoms with Crippen molar-refractivity contribution >= 4 is 17.0 Å². The number of thiazole rings is 1. The van der Waals surface area contributed by atoms with Crippen LogP contribution < -0.4 is 4.74 Å². The van der Waals surface area contributed by atoms with Gasteiger partial charge >= 0.3 is 0 Å². The average molecular weight is 420 g/mol. The van der Waals surface area contributed by atoms with E-state index in [0.717, 1.165) is 72.6 Å². The highest BCUT2D eigenvalue weighted by Gasteiger charge is 2.21. The molecule has 5 rings (SSSR count). The molecule has 0 unspecified atom stereocenters. The number of aromatic nitrogens is 3. The first kappa shape index (κ1) is 19.3. The molecule has 0 saturated carbocycles. The van der Waals surface area contributed by atoms with Gasteiger partial charge in [0, 0.05) is 48.8 Å². The zero-order valence-electron chi connectivity index (χ0n) is 17.2. The zero-order chi connectivity index (χ0) is 20.3. The monoisotopic (exact) mass is 419 g/mol. The second-order valence-corrected chi connectivity index (χ2v) is 8.71. The Morgan fingerprint density at radius 2 is 2.00 bits per heavy atom. The number of methoxy groups -OCH3 is 1. The molecule has 154 valence electrons. The van der Waals surface area contributed by atoms with Crippen LogP contribution in [0.3, 0.4) is 0 Å². The number of aliphatic imine (C=N–C) groups is 1. The van der Waals surface area contributed by atoms with E-state index >= 15 is 0 Å². The summed E-state index contributed by atoms with van der Waals surface area (Å²) < 4.78 is 5.24. The number of nitrogens with zero attached hydrogens (tertiary/aromatic N) is 5. The van der Waals surface area contributed by atoms with Crippen molar-refractivity contribution in [1.29, 1.82) is 0 Å². The van der Waals surface area contributed by atoms with Crippen molar-refractivity contribution in [2.75, 3.05) is 20.2 Å². The molecule has 0 saturated heterocycles. The SMILES string of the molecule is COc1ccc(-c2csc(CN3CCc4nc(C5=NCCCC5)ncc4C3)n2)cc1. The molecule has 0 amide bonds. The van der Waals surface area contributed by atoms with Gasteiger partial charge in [0.2, 0.25) is 0 Å². The molecule has 0 aliphatic carbocycles. The third kappa shape index (κ3) is 4.13. The molecule has 4 heterocycles. The standard InChI is InChI=1S/C23H25N5OS/c1-29-18-7-5-16(6-8-18)21-15-30-22(26-21)14-28-11-9-19-17(13-28)12-25-23(27-19)20-4-2-3-10-24-20/h5-8,12,15H,2-4,9-11,13-14H2,1H3. The van der Waals surface area contributed by atoms with E-state index in [1.807, 2.05) is 18.3 Å². The first-order chi connectivity index (χ1) is 14.8. The molecule has 0 spiro atoms. The molecule has 7 heteroatoms. The zero-order valence-corrected chi connectivity index (χ0v) is 18.0. The first-order valence-electron chi connectivity index (χ1n) is 10.5. The smallest absolute Gasteiger partial charge is 0.173 e. The molecule has 0 N–H and O–H groups in total. The van der Waals surface area contributed by atoms with Crippen LogP contribution in [0, 0.1) is 0 Å². The second-order valence-electron chi connectivity index (χ2n) is 7.77. The van der Waals surface area contributed by atoms with Gasteiger partial charge < -0.3 is 4.74 Å². The molecule has 0 fully saturated rings. The molecule has 0 radical (unpaired) electrons. The minimum Gasteiger partial charge on any atom is -0.497 e. The summed E-state index contributed by atoms with van der Waals surface area (Å²) in [6, 6.07) is 8.06. The molecule has 2 aliphatic rings. The predicted octanol–water partition coefficient (Wildman–Crippen LogP) is 4.14. The quantitative estimate of drug-likeness (QED) is 0.622. The van der Waals surface area contributed by atoms with E-state index in [1.165, 1.54) is 24.1 Å². The molecule has 2 aromatic heterocycles. The first-order valence-corrected chi connectivity index (χ1v) is 11.4. The van der Waals surface area contributed by atoms with Crippen LogP contribution in [0.5, 0.6) is 5.75 Å². The minimum absolute atomic E-state index is 0.839. The summed E-state index contributed by atoms with van der Waals surface area (Å²) >= 11 is 1.72. The van der Waals surface area contributed by atoms with Gasteiger partial charge in [0.1, 0.15) is 10.8 Å². The fraction of sp³-hybridized carbons (Fsp3) is 0.391. The van der Waals surface area contributed by atoms with Gasteiger partial charge in [-0.3, -0.25) is 9.89 Å². The Balaban J connectivity index is 1.25.